The second kappa shape index (κ2) is 11.3. The first-order valence-electron chi connectivity index (χ1n) is 9.26. The maximum absolute atomic E-state index is 12.2. The molecule has 0 amide bonds. The van der Waals surface area contributed by atoms with E-state index in [1.807, 2.05) is 31.2 Å². The molecule has 29 heavy (non-hydrogen) atoms. The SMILES string of the molecule is CCNC(=NCCNS(=O)(=O)c1cccnc1)NC1CCOc2ccccc21.I. The molecule has 3 rings (SSSR count). The molecule has 0 saturated heterocycles. The van der Waals surface area contributed by atoms with E-state index in [0.29, 0.717) is 25.7 Å². The molecule has 1 aliphatic heterocycles. The summed E-state index contributed by atoms with van der Waals surface area (Å²) in [6, 6.07) is 11.1. The maximum atomic E-state index is 12.2. The van der Waals surface area contributed by atoms with E-state index in [1.165, 1.54) is 18.5 Å². The van der Waals surface area contributed by atoms with Crippen molar-refractivity contribution < 1.29 is 13.2 Å². The van der Waals surface area contributed by atoms with E-state index in [1.54, 1.807) is 6.07 Å². The van der Waals surface area contributed by atoms with Crippen LogP contribution in [0.3, 0.4) is 0 Å². The summed E-state index contributed by atoms with van der Waals surface area (Å²) >= 11 is 0. The molecule has 1 aromatic heterocycles. The molecule has 0 radical (unpaired) electrons. The van der Waals surface area contributed by atoms with E-state index < -0.39 is 10.0 Å². The van der Waals surface area contributed by atoms with Crippen molar-refractivity contribution in [2.24, 2.45) is 4.99 Å². The zero-order valence-electron chi connectivity index (χ0n) is 16.2. The largest absolute Gasteiger partial charge is 0.493 e. The summed E-state index contributed by atoms with van der Waals surface area (Å²) in [5.41, 5.74) is 1.09. The maximum Gasteiger partial charge on any atom is 0.242 e. The van der Waals surface area contributed by atoms with E-state index in [0.717, 1.165) is 17.7 Å². The molecule has 2 heterocycles. The third-order valence-electron chi connectivity index (χ3n) is 4.23. The molecule has 1 unspecified atom stereocenters. The number of sulfonamides is 1. The summed E-state index contributed by atoms with van der Waals surface area (Å²) in [5, 5.41) is 6.61. The molecular formula is C19H26IN5O3S. The number of rotatable bonds is 7. The number of aliphatic imine (C=N–C) groups is 1. The van der Waals surface area contributed by atoms with Gasteiger partial charge in [-0.25, -0.2) is 13.1 Å². The van der Waals surface area contributed by atoms with Crippen LogP contribution in [0.15, 0.2) is 58.7 Å². The zero-order chi connectivity index (χ0) is 19.8. The van der Waals surface area contributed by atoms with Crippen molar-refractivity contribution in [1.82, 2.24) is 20.3 Å². The molecule has 3 N–H and O–H groups in total. The Hall–Kier alpha value is -1.92. The number of halogens is 1. The van der Waals surface area contributed by atoms with Crippen molar-refractivity contribution in [3.8, 4) is 5.75 Å². The molecule has 0 aliphatic carbocycles. The number of ether oxygens (including phenoxy) is 1. The second-order valence-corrected chi connectivity index (χ2v) is 7.99. The van der Waals surface area contributed by atoms with Crippen molar-refractivity contribution >= 4 is 40.0 Å². The second-order valence-electron chi connectivity index (χ2n) is 6.22. The van der Waals surface area contributed by atoms with Crippen LogP contribution >= 0.6 is 24.0 Å². The van der Waals surface area contributed by atoms with Gasteiger partial charge in [0.15, 0.2) is 5.96 Å². The van der Waals surface area contributed by atoms with Crippen LogP contribution < -0.4 is 20.1 Å². The summed E-state index contributed by atoms with van der Waals surface area (Å²) in [4.78, 5) is 8.47. The van der Waals surface area contributed by atoms with E-state index in [4.69, 9.17) is 4.74 Å². The standard InChI is InChI=1S/C19H25N5O3S.HI/c1-2-21-19(24-17-9-13-27-18-8-4-3-7-16(17)18)22-11-12-23-28(25,26)15-6-5-10-20-14-15;/h3-8,10,14,17,23H,2,9,11-13H2,1H3,(H2,21,22,24);1H. The lowest BCUT2D eigenvalue weighted by Gasteiger charge is -2.28. The Morgan fingerprint density at radius 2 is 2.10 bits per heavy atom. The lowest BCUT2D eigenvalue weighted by Crippen LogP contribution is -2.41. The number of nitrogens with one attached hydrogen (secondary N) is 3. The van der Waals surface area contributed by atoms with Gasteiger partial charge in [0.2, 0.25) is 10.0 Å². The molecule has 0 bridgehead atoms. The number of nitrogens with zero attached hydrogens (tertiary/aromatic N) is 2. The Balaban J connectivity index is 0.00000300. The van der Waals surface area contributed by atoms with E-state index >= 15 is 0 Å². The Labute approximate surface area is 188 Å². The summed E-state index contributed by atoms with van der Waals surface area (Å²) in [6.45, 7) is 3.83. The number of benzene rings is 1. The summed E-state index contributed by atoms with van der Waals surface area (Å²) in [5.74, 6) is 1.52. The molecule has 1 aliphatic rings. The first-order chi connectivity index (χ1) is 13.6. The molecule has 0 spiro atoms. The zero-order valence-corrected chi connectivity index (χ0v) is 19.3. The van der Waals surface area contributed by atoms with Gasteiger partial charge in [0.25, 0.3) is 0 Å². The van der Waals surface area contributed by atoms with Gasteiger partial charge in [0, 0.05) is 37.5 Å². The third kappa shape index (κ3) is 6.54. The molecular weight excluding hydrogens is 505 g/mol. The van der Waals surface area contributed by atoms with Crippen LogP contribution in [-0.4, -0.2) is 45.6 Å². The molecule has 2 aromatic rings. The molecule has 0 fully saturated rings. The van der Waals surface area contributed by atoms with E-state index in [9.17, 15) is 8.42 Å². The van der Waals surface area contributed by atoms with E-state index in [-0.39, 0.29) is 41.5 Å². The fourth-order valence-corrected chi connectivity index (χ4v) is 3.90. The van der Waals surface area contributed by atoms with Gasteiger partial charge < -0.3 is 15.4 Å². The molecule has 1 atom stereocenters. The number of fused-ring (bicyclic) bond motifs is 1. The number of guanidine groups is 1. The topological polar surface area (TPSA) is 105 Å². The Morgan fingerprint density at radius 1 is 1.28 bits per heavy atom. The monoisotopic (exact) mass is 531 g/mol. The van der Waals surface area contributed by atoms with Gasteiger partial charge in [-0.05, 0) is 25.1 Å². The smallest absolute Gasteiger partial charge is 0.242 e. The van der Waals surface area contributed by atoms with Crippen LogP contribution in [0.4, 0.5) is 0 Å². The summed E-state index contributed by atoms with van der Waals surface area (Å²) in [7, 11) is -3.58. The normalized spacial score (nSPS) is 16.2. The number of hydrogen-bond acceptors (Lipinski definition) is 5. The van der Waals surface area contributed by atoms with Crippen molar-refractivity contribution in [1.29, 1.82) is 0 Å². The highest BCUT2D eigenvalue weighted by Crippen LogP contribution is 2.31. The quantitative estimate of drug-likeness (QED) is 0.219. The highest BCUT2D eigenvalue weighted by atomic mass is 127. The Morgan fingerprint density at radius 3 is 2.86 bits per heavy atom. The molecule has 10 heteroatoms. The first kappa shape index (κ1) is 23.4. The predicted octanol–water partition coefficient (Wildman–Crippen LogP) is 2.06. The molecule has 0 saturated carbocycles. The van der Waals surface area contributed by atoms with Crippen molar-refractivity contribution in [2.75, 3.05) is 26.2 Å². The predicted molar refractivity (Wildman–Crippen MR) is 123 cm³/mol. The van der Waals surface area contributed by atoms with E-state index in [2.05, 4.69) is 25.3 Å². The number of pyridine rings is 1. The minimum Gasteiger partial charge on any atom is -0.493 e. The van der Waals surface area contributed by atoms with Crippen molar-refractivity contribution in [2.45, 2.75) is 24.3 Å². The van der Waals surface area contributed by atoms with Gasteiger partial charge in [-0.1, -0.05) is 18.2 Å². The fourth-order valence-electron chi connectivity index (χ4n) is 2.91. The van der Waals surface area contributed by atoms with Crippen molar-refractivity contribution in [3.63, 3.8) is 0 Å². The number of aromatic nitrogens is 1. The minimum atomic E-state index is -3.58. The molecule has 158 valence electrons. The van der Waals surface area contributed by atoms with Gasteiger partial charge in [0.05, 0.1) is 19.2 Å². The Kier molecular flexibility index (Phi) is 9.11. The van der Waals surface area contributed by atoms with Gasteiger partial charge >= 0.3 is 0 Å². The lowest BCUT2D eigenvalue weighted by molar-refractivity contribution is 0.261. The highest BCUT2D eigenvalue weighted by Gasteiger charge is 2.21. The van der Waals surface area contributed by atoms with Crippen LogP contribution in [-0.2, 0) is 10.0 Å². The average molecular weight is 531 g/mol. The van der Waals surface area contributed by atoms with Gasteiger partial charge in [-0.3, -0.25) is 9.98 Å². The van der Waals surface area contributed by atoms with Crippen LogP contribution in [0.25, 0.3) is 0 Å². The van der Waals surface area contributed by atoms with Gasteiger partial charge in [-0.2, -0.15) is 0 Å². The van der Waals surface area contributed by atoms with Crippen LogP contribution in [0, 0.1) is 0 Å². The van der Waals surface area contributed by atoms with Crippen LogP contribution in [0.5, 0.6) is 5.75 Å². The molecule has 8 nitrogen and oxygen atoms in total. The average Bonchev–Trinajstić information content (AvgIpc) is 2.72. The fraction of sp³-hybridized carbons (Fsp3) is 0.368. The van der Waals surface area contributed by atoms with Crippen LogP contribution in [0.1, 0.15) is 24.9 Å². The number of para-hydroxylation sites is 1. The molecule has 1 aromatic carbocycles. The summed E-state index contributed by atoms with van der Waals surface area (Å²) < 4.78 is 32.7. The van der Waals surface area contributed by atoms with Gasteiger partial charge in [-0.15, -0.1) is 24.0 Å². The van der Waals surface area contributed by atoms with Crippen molar-refractivity contribution in [3.05, 3.63) is 54.4 Å². The Bertz CT molecular complexity index is 909. The summed E-state index contributed by atoms with van der Waals surface area (Å²) in [6.07, 6.45) is 3.68. The van der Waals surface area contributed by atoms with Crippen LogP contribution in [0.2, 0.25) is 0 Å². The first-order valence-corrected chi connectivity index (χ1v) is 10.7. The van der Waals surface area contributed by atoms with Gasteiger partial charge in [0.1, 0.15) is 10.6 Å². The highest BCUT2D eigenvalue weighted by molar-refractivity contribution is 14.0. The number of hydrogen-bond donors (Lipinski definition) is 3. The third-order valence-corrected chi connectivity index (χ3v) is 5.68. The lowest BCUT2D eigenvalue weighted by atomic mass is 10.0. The minimum absolute atomic E-state index is 0.